The first-order valence-corrected chi connectivity index (χ1v) is 6.81. The van der Waals surface area contributed by atoms with E-state index in [9.17, 15) is 4.79 Å². The lowest BCUT2D eigenvalue weighted by atomic mass is 10.3. The summed E-state index contributed by atoms with van der Waals surface area (Å²) < 4.78 is 0. The zero-order chi connectivity index (χ0) is 15.6. The van der Waals surface area contributed by atoms with E-state index >= 15 is 0 Å². The first-order valence-electron chi connectivity index (χ1n) is 6.81. The summed E-state index contributed by atoms with van der Waals surface area (Å²) >= 11 is 0. The second-order valence-corrected chi connectivity index (χ2v) is 4.43. The molecule has 2 aliphatic heterocycles. The van der Waals surface area contributed by atoms with Gasteiger partial charge in [0.2, 0.25) is 0 Å². The zero-order valence-corrected chi connectivity index (χ0v) is 12.0. The molecule has 0 atom stereocenters. The van der Waals surface area contributed by atoms with Crippen molar-refractivity contribution in [3.63, 3.8) is 0 Å². The summed E-state index contributed by atoms with van der Waals surface area (Å²) in [7, 11) is 0. The van der Waals surface area contributed by atoms with Gasteiger partial charge in [-0.2, -0.15) is 0 Å². The minimum absolute atomic E-state index is 0.462. The lowest BCUT2D eigenvalue weighted by Gasteiger charge is -2.12. The van der Waals surface area contributed by atoms with Crippen molar-refractivity contribution in [3.05, 3.63) is 84.6 Å². The minimum atomic E-state index is -1.11. The molecule has 22 heavy (non-hydrogen) atoms. The average Bonchev–Trinajstić information content (AvgIpc) is 2.91. The number of fused-ring (bicyclic) bond motifs is 1. The van der Waals surface area contributed by atoms with E-state index in [2.05, 4.69) is 21.3 Å². The number of carboxylic acid groups (broad SMARTS) is 1. The van der Waals surface area contributed by atoms with Crippen LogP contribution in [0.15, 0.2) is 89.5 Å². The molecule has 0 aromatic carbocycles. The number of amides is 1. The highest BCUT2D eigenvalue weighted by Crippen LogP contribution is 2.14. The van der Waals surface area contributed by atoms with Gasteiger partial charge in [0.1, 0.15) is 0 Å². The van der Waals surface area contributed by atoms with Gasteiger partial charge >= 0.3 is 6.09 Å². The molecule has 0 aromatic heterocycles. The quantitative estimate of drug-likeness (QED) is 0.781. The molecular weight excluding hydrogens is 278 g/mol. The van der Waals surface area contributed by atoms with E-state index in [0.717, 1.165) is 12.2 Å². The molecule has 0 bridgehead atoms. The van der Waals surface area contributed by atoms with Crippen molar-refractivity contribution in [1.29, 1.82) is 0 Å². The molecule has 0 unspecified atom stereocenters. The molecular formula is C17H17N3O2. The van der Waals surface area contributed by atoms with Crippen LogP contribution in [0, 0.1) is 0 Å². The Balaban J connectivity index is 2.22. The van der Waals surface area contributed by atoms with Crippen LogP contribution in [0.2, 0.25) is 0 Å². The van der Waals surface area contributed by atoms with Crippen LogP contribution >= 0.6 is 0 Å². The van der Waals surface area contributed by atoms with E-state index < -0.39 is 6.09 Å². The predicted molar refractivity (Wildman–Crippen MR) is 88.2 cm³/mol. The molecule has 0 radical (unpaired) electrons. The van der Waals surface area contributed by atoms with Crippen molar-refractivity contribution in [3.8, 4) is 0 Å². The summed E-state index contributed by atoms with van der Waals surface area (Å²) in [4.78, 5) is 17.0. The molecule has 112 valence electrons. The predicted octanol–water partition coefficient (Wildman–Crippen LogP) is 3.12. The Hall–Kier alpha value is -3.08. The fourth-order valence-corrected chi connectivity index (χ4v) is 1.84. The van der Waals surface area contributed by atoms with Gasteiger partial charge in [-0.1, -0.05) is 30.4 Å². The number of nitrogens with one attached hydrogen (secondary N) is 1. The lowest BCUT2D eigenvalue weighted by molar-refractivity contribution is 0.198. The van der Waals surface area contributed by atoms with E-state index in [1.807, 2.05) is 36.6 Å². The number of hydrogen-bond acceptors (Lipinski definition) is 3. The topological polar surface area (TPSA) is 64.9 Å². The summed E-state index contributed by atoms with van der Waals surface area (Å²) in [6, 6.07) is 0. The van der Waals surface area contributed by atoms with Gasteiger partial charge in [-0.05, 0) is 30.4 Å². The maximum absolute atomic E-state index is 10.7. The number of aliphatic imine (C=N–C) groups is 1. The molecule has 1 amide bonds. The van der Waals surface area contributed by atoms with Crippen LogP contribution in [0.25, 0.3) is 0 Å². The van der Waals surface area contributed by atoms with Crippen molar-refractivity contribution in [1.82, 2.24) is 10.2 Å². The summed E-state index contributed by atoms with van der Waals surface area (Å²) in [5, 5.41) is 11.1. The van der Waals surface area contributed by atoms with Gasteiger partial charge in [0.15, 0.2) is 0 Å². The minimum Gasteiger partial charge on any atom is -0.465 e. The van der Waals surface area contributed by atoms with Crippen LogP contribution in [0.5, 0.6) is 0 Å². The highest BCUT2D eigenvalue weighted by Gasteiger charge is 2.06. The number of nitrogens with zero attached hydrogens (tertiary/aromatic N) is 2. The highest BCUT2D eigenvalue weighted by molar-refractivity contribution is 5.74. The lowest BCUT2D eigenvalue weighted by Crippen LogP contribution is -2.18. The Morgan fingerprint density at radius 3 is 2.82 bits per heavy atom. The van der Waals surface area contributed by atoms with Crippen LogP contribution in [0.3, 0.4) is 0 Å². The van der Waals surface area contributed by atoms with E-state index in [1.54, 1.807) is 36.7 Å². The largest absolute Gasteiger partial charge is 0.465 e. The Labute approximate surface area is 129 Å². The van der Waals surface area contributed by atoms with Gasteiger partial charge in [-0.15, -0.1) is 0 Å². The monoisotopic (exact) mass is 295 g/mol. The van der Waals surface area contributed by atoms with E-state index in [4.69, 9.17) is 5.11 Å². The summed E-state index contributed by atoms with van der Waals surface area (Å²) in [6.07, 6.45) is 22.6. The molecule has 0 aromatic rings. The Morgan fingerprint density at radius 2 is 1.95 bits per heavy atom. The molecule has 0 aliphatic carbocycles. The van der Waals surface area contributed by atoms with Crippen LogP contribution in [-0.4, -0.2) is 28.9 Å². The maximum atomic E-state index is 10.7. The SMILES string of the molecule is O=C(O)NC1=CC=CC=CC=CN2CC=CC2=CN=CC=C1. The standard InChI is InChI=1S/C17H17N3O2/c21-17(22)19-15-8-4-2-1-3-5-12-20-13-7-10-16(20)14-18-11-6-9-15/h1-12,14,19H,13H2,(H,21,22). The highest BCUT2D eigenvalue weighted by atomic mass is 16.4. The first-order chi connectivity index (χ1) is 10.8. The molecule has 0 saturated heterocycles. The summed E-state index contributed by atoms with van der Waals surface area (Å²) in [6.45, 7) is 0.825. The zero-order valence-electron chi connectivity index (χ0n) is 12.0. The second kappa shape index (κ2) is 8.26. The molecule has 0 saturated carbocycles. The smallest absolute Gasteiger partial charge is 0.409 e. The van der Waals surface area contributed by atoms with Crippen molar-refractivity contribution in [2.45, 2.75) is 0 Å². The molecule has 2 rings (SSSR count). The third kappa shape index (κ3) is 5.13. The van der Waals surface area contributed by atoms with Crippen LogP contribution in [0.1, 0.15) is 0 Å². The van der Waals surface area contributed by atoms with Gasteiger partial charge in [0, 0.05) is 24.7 Å². The van der Waals surface area contributed by atoms with Gasteiger partial charge in [-0.3, -0.25) is 10.3 Å². The third-order valence-corrected chi connectivity index (χ3v) is 2.81. The van der Waals surface area contributed by atoms with Crippen molar-refractivity contribution in [2.75, 3.05) is 6.54 Å². The molecule has 2 aliphatic rings. The summed E-state index contributed by atoms with van der Waals surface area (Å²) in [5.74, 6) is 0. The number of allylic oxidation sites excluding steroid dienone is 9. The molecule has 0 spiro atoms. The van der Waals surface area contributed by atoms with Crippen LogP contribution < -0.4 is 5.32 Å². The maximum Gasteiger partial charge on any atom is 0.409 e. The molecule has 2 heterocycles. The molecule has 0 fully saturated rings. The normalized spacial score (nSPS) is 17.5. The van der Waals surface area contributed by atoms with Gasteiger partial charge in [0.25, 0.3) is 0 Å². The third-order valence-electron chi connectivity index (χ3n) is 2.81. The summed E-state index contributed by atoms with van der Waals surface area (Å²) in [5.41, 5.74) is 1.46. The van der Waals surface area contributed by atoms with Gasteiger partial charge in [-0.25, -0.2) is 4.79 Å². The first kappa shape index (κ1) is 15.3. The fraction of sp³-hybridized carbons (Fsp3) is 0.0588. The van der Waals surface area contributed by atoms with Gasteiger partial charge in [0.05, 0.1) is 11.9 Å². The van der Waals surface area contributed by atoms with Crippen molar-refractivity contribution < 1.29 is 9.90 Å². The molecule has 2 N–H and O–H groups in total. The Morgan fingerprint density at radius 1 is 1.14 bits per heavy atom. The molecule has 5 heteroatoms. The second-order valence-electron chi connectivity index (χ2n) is 4.43. The van der Waals surface area contributed by atoms with Crippen molar-refractivity contribution in [2.24, 2.45) is 4.99 Å². The van der Waals surface area contributed by atoms with E-state index in [0.29, 0.717) is 5.70 Å². The Bertz CT molecular complexity index is 647. The van der Waals surface area contributed by atoms with Gasteiger partial charge < -0.3 is 10.0 Å². The van der Waals surface area contributed by atoms with Crippen LogP contribution in [0.4, 0.5) is 4.79 Å². The number of rotatable bonds is 1. The number of carbonyl (C=O) groups is 1. The van der Waals surface area contributed by atoms with E-state index in [-0.39, 0.29) is 0 Å². The van der Waals surface area contributed by atoms with Crippen molar-refractivity contribution >= 4 is 12.3 Å². The average molecular weight is 295 g/mol. The fourth-order valence-electron chi connectivity index (χ4n) is 1.84. The van der Waals surface area contributed by atoms with Crippen LogP contribution in [-0.2, 0) is 0 Å². The van der Waals surface area contributed by atoms with E-state index in [1.165, 1.54) is 0 Å². The Kier molecular flexibility index (Phi) is 5.75. The molecule has 5 nitrogen and oxygen atoms in total. The number of hydrogen-bond donors (Lipinski definition) is 2.